The second-order valence-corrected chi connectivity index (χ2v) is 8.13. The van der Waals surface area contributed by atoms with Gasteiger partial charge in [0.15, 0.2) is 0 Å². The third kappa shape index (κ3) is 6.52. The fraction of sp³-hybridized carbons (Fsp3) is 0.556. The molecule has 1 unspecified atom stereocenters. The average molecular weight is 488 g/mol. The van der Waals surface area contributed by atoms with E-state index < -0.39 is 18.2 Å². The highest BCUT2D eigenvalue weighted by Crippen LogP contribution is 2.37. The molecule has 1 aromatic rings. The number of aliphatic carboxylic acids is 1. The Balaban J connectivity index is 0.000000423. The van der Waals surface area contributed by atoms with Crippen LogP contribution in [0.5, 0.6) is 5.75 Å². The number of halogens is 5. The van der Waals surface area contributed by atoms with Gasteiger partial charge in [0.2, 0.25) is 0 Å². The number of piperidine rings is 1. The van der Waals surface area contributed by atoms with Crippen LogP contribution in [0.4, 0.5) is 18.0 Å². The second-order valence-electron chi connectivity index (χ2n) is 7.32. The lowest BCUT2D eigenvalue weighted by atomic mass is 9.85. The Hall–Kier alpha value is -1.95. The van der Waals surface area contributed by atoms with Gasteiger partial charge in [0, 0.05) is 30.8 Å². The van der Waals surface area contributed by atoms with Crippen LogP contribution in [0.2, 0.25) is 10.0 Å². The Bertz CT molecular complexity index is 813. The smallest absolute Gasteiger partial charge is 0.490 e. The van der Waals surface area contributed by atoms with Crippen molar-refractivity contribution < 1.29 is 38.1 Å². The molecule has 2 aliphatic rings. The minimum Gasteiger partial charge on any atom is -0.508 e. The summed E-state index contributed by atoms with van der Waals surface area (Å²) in [7, 11) is 0. The number of β-amino-alcohol motifs (C(OH)–C–C–N with tert-alkyl or cyclic N) is 1. The number of phenols is 1. The Morgan fingerprint density at radius 2 is 1.58 bits per heavy atom. The Morgan fingerprint density at radius 1 is 1.10 bits per heavy atom. The summed E-state index contributed by atoms with van der Waals surface area (Å²) in [6, 6.07) is 2.64. The summed E-state index contributed by atoms with van der Waals surface area (Å²) in [5, 5.41) is 27.2. The van der Waals surface area contributed by atoms with Crippen LogP contribution in [0, 0.1) is 5.92 Å². The van der Waals surface area contributed by atoms with E-state index >= 15 is 0 Å². The van der Waals surface area contributed by atoms with Gasteiger partial charge >= 0.3 is 18.2 Å². The van der Waals surface area contributed by atoms with Crippen LogP contribution in [0.25, 0.3) is 0 Å². The molecule has 2 aliphatic heterocycles. The van der Waals surface area contributed by atoms with E-state index in [1.54, 1.807) is 15.9 Å². The van der Waals surface area contributed by atoms with Crippen LogP contribution in [0.15, 0.2) is 12.1 Å². The number of amides is 2. The summed E-state index contributed by atoms with van der Waals surface area (Å²) in [6.07, 6.45) is -3.97. The number of nitrogens with zero attached hydrogens (tertiary/aromatic N) is 2. The molecule has 0 saturated carbocycles. The molecular weight excluding hydrogens is 466 g/mol. The number of carboxylic acids is 1. The van der Waals surface area contributed by atoms with E-state index in [0.29, 0.717) is 41.8 Å². The predicted octanol–water partition coefficient (Wildman–Crippen LogP) is 2.84. The number of carbonyl (C=O) groups excluding carboxylic acids is 1. The van der Waals surface area contributed by atoms with Gasteiger partial charge in [-0.05, 0) is 24.8 Å². The Kier molecular flexibility index (Phi) is 8.26. The van der Waals surface area contributed by atoms with Crippen molar-refractivity contribution >= 4 is 35.2 Å². The van der Waals surface area contributed by atoms with Crippen LogP contribution < -0.4 is 5.73 Å². The molecule has 174 valence electrons. The minimum absolute atomic E-state index is 0.0234. The van der Waals surface area contributed by atoms with Gasteiger partial charge in [-0.1, -0.05) is 23.2 Å². The van der Waals surface area contributed by atoms with Gasteiger partial charge in [-0.3, -0.25) is 0 Å². The van der Waals surface area contributed by atoms with Gasteiger partial charge in [-0.25, -0.2) is 9.59 Å². The molecule has 8 nitrogen and oxygen atoms in total. The predicted molar refractivity (Wildman–Crippen MR) is 106 cm³/mol. The van der Waals surface area contributed by atoms with E-state index in [1.807, 2.05) is 0 Å². The molecule has 0 aliphatic carbocycles. The lowest BCUT2D eigenvalue weighted by Crippen LogP contribution is -2.58. The maximum Gasteiger partial charge on any atom is 0.490 e. The van der Waals surface area contributed by atoms with Crippen molar-refractivity contribution in [1.29, 1.82) is 0 Å². The zero-order valence-electron chi connectivity index (χ0n) is 16.1. The largest absolute Gasteiger partial charge is 0.508 e. The number of aromatic hydroxyl groups is 1. The van der Waals surface area contributed by atoms with Crippen LogP contribution in [-0.2, 0) is 4.79 Å². The van der Waals surface area contributed by atoms with Gasteiger partial charge in [0.25, 0.3) is 0 Å². The van der Waals surface area contributed by atoms with E-state index in [2.05, 4.69) is 0 Å². The molecular formula is C18H22Cl2F3N3O5. The third-order valence-corrected chi connectivity index (χ3v) is 5.84. The van der Waals surface area contributed by atoms with Crippen molar-refractivity contribution in [1.82, 2.24) is 9.80 Å². The lowest BCUT2D eigenvalue weighted by Gasteiger charge is -2.42. The topological polar surface area (TPSA) is 127 Å². The first kappa shape index (κ1) is 25.3. The summed E-state index contributed by atoms with van der Waals surface area (Å²) >= 11 is 11.9. The summed E-state index contributed by atoms with van der Waals surface area (Å²) in [5.41, 5.74) is 6.90. The molecule has 2 amide bonds. The highest BCUT2D eigenvalue weighted by Gasteiger charge is 2.38. The molecule has 13 heteroatoms. The van der Waals surface area contributed by atoms with Gasteiger partial charge in [-0.15, -0.1) is 0 Å². The molecule has 3 rings (SSSR count). The van der Waals surface area contributed by atoms with Crippen molar-refractivity contribution in [3.05, 3.63) is 27.7 Å². The molecule has 31 heavy (non-hydrogen) atoms. The fourth-order valence-corrected chi connectivity index (χ4v) is 3.66. The van der Waals surface area contributed by atoms with Crippen molar-refractivity contribution in [3.8, 4) is 5.75 Å². The molecule has 2 fully saturated rings. The number of hydrogen-bond acceptors (Lipinski definition) is 5. The molecule has 0 aromatic heterocycles. The van der Waals surface area contributed by atoms with Crippen LogP contribution >= 0.6 is 23.2 Å². The van der Waals surface area contributed by atoms with E-state index in [4.69, 9.17) is 38.8 Å². The summed E-state index contributed by atoms with van der Waals surface area (Å²) in [5.74, 6) is -2.56. The zero-order valence-corrected chi connectivity index (χ0v) is 17.7. The Morgan fingerprint density at radius 3 is 2.03 bits per heavy atom. The standard InChI is InChI=1S/C16H21Cl2N3O3.C2HF3O2/c17-12-5-11(14(23)6-13(12)18)15(19)9-1-3-20(4-2-9)16(24)21-7-10(22)8-21;3-2(4,5)1(6)7/h5-6,9-10,15,22-23H,1-4,7-8,19H2;(H,6,7). The number of nitrogens with two attached hydrogens (primary N) is 1. The number of benzene rings is 1. The number of urea groups is 1. The van der Waals surface area contributed by atoms with Gasteiger partial charge in [0.05, 0.1) is 29.2 Å². The average Bonchev–Trinajstić information content (AvgIpc) is 2.67. The van der Waals surface area contributed by atoms with Crippen molar-refractivity contribution in [2.24, 2.45) is 11.7 Å². The molecule has 1 aromatic carbocycles. The number of alkyl halides is 3. The number of phenolic OH excluding ortho intramolecular Hbond substituents is 1. The fourth-order valence-electron chi connectivity index (χ4n) is 3.33. The van der Waals surface area contributed by atoms with Crippen molar-refractivity contribution in [2.45, 2.75) is 31.2 Å². The number of aliphatic hydroxyl groups excluding tert-OH is 1. The first-order valence-corrected chi connectivity index (χ1v) is 10.0. The molecule has 0 spiro atoms. The lowest BCUT2D eigenvalue weighted by molar-refractivity contribution is -0.192. The van der Waals surface area contributed by atoms with Crippen molar-refractivity contribution in [2.75, 3.05) is 26.2 Å². The van der Waals surface area contributed by atoms with E-state index in [0.717, 1.165) is 12.8 Å². The molecule has 5 N–H and O–H groups in total. The minimum atomic E-state index is -5.08. The first-order chi connectivity index (χ1) is 14.3. The number of carbonyl (C=O) groups is 2. The summed E-state index contributed by atoms with van der Waals surface area (Å²) in [4.78, 5) is 24.6. The van der Waals surface area contributed by atoms with Gasteiger partial charge < -0.3 is 30.9 Å². The van der Waals surface area contributed by atoms with Gasteiger partial charge in [-0.2, -0.15) is 13.2 Å². The number of likely N-dealkylation sites (tertiary alicyclic amines) is 2. The highest BCUT2D eigenvalue weighted by molar-refractivity contribution is 6.42. The quantitative estimate of drug-likeness (QED) is 0.507. The SMILES string of the molecule is NC(c1cc(Cl)c(Cl)cc1O)C1CCN(C(=O)N2CC(O)C2)CC1.O=C(O)C(F)(F)F. The number of hydrogen-bond donors (Lipinski definition) is 4. The van der Waals surface area contributed by atoms with Crippen LogP contribution in [0.1, 0.15) is 24.4 Å². The maximum absolute atomic E-state index is 12.2. The van der Waals surface area contributed by atoms with Crippen molar-refractivity contribution in [3.63, 3.8) is 0 Å². The number of rotatable bonds is 2. The summed E-state index contributed by atoms with van der Waals surface area (Å²) < 4.78 is 31.7. The molecule has 0 radical (unpaired) electrons. The summed E-state index contributed by atoms with van der Waals surface area (Å²) in [6.45, 7) is 2.06. The van der Waals surface area contributed by atoms with E-state index in [1.165, 1.54) is 6.07 Å². The maximum atomic E-state index is 12.2. The molecule has 0 bridgehead atoms. The monoisotopic (exact) mass is 487 g/mol. The first-order valence-electron chi connectivity index (χ1n) is 9.26. The molecule has 2 saturated heterocycles. The van der Waals surface area contributed by atoms with Crippen LogP contribution in [-0.4, -0.2) is 75.6 Å². The van der Waals surface area contributed by atoms with E-state index in [9.17, 15) is 28.2 Å². The Labute approximate surface area is 185 Å². The number of aliphatic hydroxyl groups is 1. The van der Waals surface area contributed by atoms with E-state index in [-0.39, 0.29) is 23.7 Å². The zero-order chi connectivity index (χ0) is 23.5. The third-order valence-electron chi connectivity index (χ3n) is 5.12. The normalized spacial score (nSPS) is 18.7. The van der Waals surface area contributed by atoms with Gasteiger partial charge in [0.1, 0.15) is 5.75 Å². The molecule has 1 atom stereocenters. The number of carboxylic acid groups (broad SMARTS) is 1. The van der Waals surface area contributed by atoms with Crippen LogP contribution in [0.3, 0.4) is 0 Å². The second kappa shape index (κ2) is 10.1. The molecule has 2 heterocycles. The highest BCUT2D eigenvalue weighted by atomic mass is 35.5.